The smallest absolute Gasteiger partial charge is 0.130 e. The standard InChI is InChI=1S/C7H13NO.C2H6/c1-5(7(3)8)4-6(2)9;1-2/h5H,3-4,8H2,1-2H3;1-2H3. The molecule has 11 heavy (non-hydrogen) atoms. The normalized spacial score (nSPS) is 10.9. The summed E-state index contributed by atoms with van der Waals surface area (Å²) in [6.45, 7) is 11.0. The van der Waals surface area contributed by atoms with Gasteiger partial charge >= 0.3 is 0 Å². The van der Waals surface area contributed by atoms with E-state index < -0.39 is 0 Å². The van der Waals surface area contributed by atoms with Crippen molar-refractivity contribution in [3.63, 3.8) is 0 Å². The van der Waals surface area contributed by atoms with Crippen LogP contribution in [0, 0.1) is 5.92 Å². The van der Waals surface area contributed by atoms with Crippen molar-refractivity contribution in [1.82, 2.24) is 0 Å². The van der Waals surface area contributed by atoms with Gasteiger partial charge in [-0.25, -0.2) is 0 Å². The highest BCUT2D eigenvalue weighted by Gasteiger charge is 2.04. The Morgan fingerprint density at radius 3 is 2.00 bits per heavy atom. The van der Waals surface area contributed by atoms with Gasteiger partial charge in [0.1, 0.15) is 5.78 Å². The lowest BCUT2D eigenvalue weighted by Gasteiger charge is -2.06. The number of carbonyl (C=O) groups is 1. The van der Waals surface area contributed by atoms with Gasteiger partial charge in [-0.2, -0.15) is 0 Å². The van der Waals surface area contributed by atoms with Crippen LogP contribution in [0.3, 0.4) is 0 Å². The molecule has 0 heterocycles. The maximum absolute atomic E-state index is 10.5. The predicted octanol–water partition coefficient (Wildman–Crippen LogP) is 2.10. The van der Waals surface area contributed by atoms with Crippen LogP contribution in [0.1, 0.15) is 34.1 Å². The van der Waals surface area contributed by atoms with Crippen LogP contribution in [0.2, 0.25) is 0 Å². The largest absolute Gasteiger partial charge is 0.402 e. The number of hydrogen-bond acceptors (Lipinski definition) is 2. The summed E-state index contributed by atoms with van der Waals surface area (Å²) in [4.78, 5) is 10.5. The number of ketones is 1. The van der Waals surface area contributed by atoms with Crippen LogP contribution in [-0.2, 0) is 4.79 Å². The molecule has 0 amide bonds. The van der Waals surface area contributed by atoms with Crippen LogP contribution in [-0.4, -0.2) is 5.78 Å². The zero-order chi connectivity index (χ0) is 9.44. The first-order valence-electron chi connectivity index (χ1n) is 3.97. The SMILES string of the molecule is C=C(N)C(C)CC(C)=O.CC. The van der Waals surface area contributed by atoms with E-state index in [1.807, 2.05) is 20.8 Å². The van der Waals surface area contributed by atoms with Gasteiger partial charge in [0.2, 0.25) is 0 Å². The second kappa shape index (κ2) is 7.32. The Balaban J connectivity index is 0. The van der Waals surface area contributed by atoms with Crippen molar-refractivity contribution in [3.8, 4) is 0 Å². The van der Waals surface area contributed by atoms with Crippen molar-refractivity contribution in [2.75, 3.05) is 0 Å². The molecule has 0 aromatic heterocycles. The van der Waals surface area contributed by atoms with Crippen LogP contribution < -0.4 is 5.73 Å². The van der Waals surface area contributed by atoms with E-state index in [0.717, 1.165) is 0 Å². The third-order valence-corrected chi connectivity index (χ3v) is 1.23. The lowest BCUT2D eigenvalue weighted by Crippen LogP contribution is -2.10. The molecule has 2 nitrogen and oxygen atoms in total. The molecule has 0 spiro atoms. The zero-order valence-electron chi connectivity index (χ0n) is 7.98. The quantitative estimate of drug-likeness (QED) is 0.681. The first kappa shape index (κ1) is 12.8. The summed E-state index contributed by atoms with van der Waals surface area (Å²) < 4.78 is 0. The number of carbonyl (C=O) groups excluding carboxylic acids is 1. The summed E-state index contributed by atoms with van der Waals surface area (Å²) in [5.41, 5.74) is 5.93. The summed E-state index contributed by atoms with van der Waals surface area (Å²) in [6, 6.07) is 0. The Hall–Kier alpha value is -0.790. The highest BCUT2D eigenvalue weighted by Crippen LogP contribution is 2.06. The van der Waals surface area contributed by atoms with E-state index in [-0.39, 0.29) is 11.7 Å². The van der Waals surface area contributed by atoms with Gasteiger partial charge in [0, 0.05) is 18.0 Å². The summed E-state index contributed by atoms with van der Waals surface area (Å²) in [6.07, 6.45) is 0.509. The van der Waals surface area contributed by atoms with Crippen molar-refractivity contribution in [2.24, 2.45) is 11.7 Å². The number of allylic oxidation sites excluding steroid dienone is 1. The number of hydrogen-bond donors (Lipinski definition) is 1. The molecule has 0 aromatic carbocycles. The molecule has 66 valence electrons. The Kier molecular flexibility index (Phi) is 8.55. The monoisotopic (exact) mass is 157 g/mol. The van der Waals surface area contributed by atoms with Gasteiger partial charge in [-0.1, -0.05) is 27.4 Å². The fourth-order valence-corrected chi connectivity index (χ4v) is 0.562. The van der Waals surface area contributed by atoms with Crippen molar-refractivity contribution < 1.29 is 4.79 Å². The van der Waals surface area contributed by atoms with Crippen molar-refractivity contribution in [2.45, 2.75) is 34.1 Å². The van der Waals surface area contributed by atoms with Crippen LogP contribution in [0.15, 0.2) is 12.3 Å². The molecule has 0 saturated carbocycles. The predicted molar refractivity (Wildman–Crippen MR) is 49.1 cm³/mol. The molecule has 1 atom stereocenters. The van der Waals surface area contributed by atoms with E-state index >= 15 is 0 Å². The molecular weight excluding hydrogens is 138 g/mol. The highest BCUT2D eigenvalue weighted by molar-refractivity contribution is 5.75. The summed E-state index contributed by atoms with van der Waals surface area (Å²) >= 11 is 0. The minimum Gasteiger partial charge on any atom is -0.402 e. The molecule has 0 aliphatic carbocycles. The van der Waals surface area contributed by atoms with Gasteiger partial charge in [0.25, 0.3) is 0 Å². The lowest BCUT2D eigenvalue weighted by atomic mass is 10.0. The molecule has 0 aromatic rings. The van der Waals surface area contributed by atoms with E-state index in [4.69, 9.17) is 5.73 Å². The highest BCUT2D eigenvalue weighted by atomic mass is 16.1. The molecule has 2 heteroatoms. The zero-order valence-corrected chi connectivity index (χ0v) is 7.98. The second-order valence-corrected chi connectivity index (χ2v) is 2.38. The van der Waals surface area contributed by atoms with Crippen LogP contribution >= 0.6 is 0 Å². The fourth-order valence-electron chi connectivity index (χ4n) is 0.562. The van der Waals surface area contributed by atoms with Gasteiger partial charge < -0.3 is 10.5 Å². The molecule has 0 saturated heterocycles. The van der Waals surface area contributed by atoms with Crippen LogP contribution in [0.25, 0.3) is 0 Å². The molecule has 0 bridgehead atoms. The number of rotatable bonds is 3. The Morgan fingerprint density at radius 2 is 1.91 bits per heavy atom. The van der Waals surface area contributed by atoms with Crippen molar-refractivity contribution in [1.29, 1.82) is 0 Å². The van der Waals surface area contributed by atoms with Gasteiger partial charge in [-0.05, 0) is 6.92 Å². The number of nitrogens with two attached hydrogens (primary N) is 1. The molecule has 0 rings (SSSR count). The summed E-state index contributed by atoms with van der Waals surface area (Å²) in [7, 11) is 0. The number of Topliss-reactive ketones (excluding diaryl/α,β-unsaturated/α-hetero) is 1. The molecule has 0 aliphatic rings. The Morgan fingerprint density at radius 1 is 1.55 bits per heavy atom. The van der Waals surface area contributed by atoms with Gasteiger partial charge in [0.05, 0.1) is 0 Å². The topological polar surface area (TPSA) is 43.1 Å². The second-order valence-electron chi connectivity index (χ2n) is 2.38. The fraction of sp³-hybridized carbons (Fsp3) is 0.667. The third-order valence-electron chi connectivity index (χ3n) is 1.23. The summed E-state index contributed by atoms with van der Waals surface area (Å²) in [5.74, 6) is 0.289. The van der Waals surface area contributed by atoms with Gasteiger partial charge in [-0.3, -0.25) is 0 Å². The lowest BCUT2D eigenvalue weighted by molar-refractivity contribution is -0.117. The van der Waals surface area contributed by atoms with E-state index in [0.29, 0.717) is 12.1 Å². The third kappa shape index (κ3) is 9.21. The molecule has 2 N–H and O–H groups in total. The molecule has 0 fully saturated rings. The van der Waals surface area contributed by atoms with Crippen molar-refractivity contribution in [3.05, 3.63) is 12.3 Å². The van der Waals surface area contributed by atoms with E-state index in [1.54, 1.807) is 6.92 Å². The molecular formula is C9H19NO. The van der Waals surface area contributed by atoms with Crippen LogP contribution in [0.4, 0.5) is 0 Å². The van der Waals surface area contributed by atoms with E-state index in [9.17, 15) is 4.79 Å². The molecule has 0 aliphatic heterocycles. The first-order valence-corrected chi connectivity index (χ1v) is 3.97. The molecule has 0 radical (unpaired) electrons. The average Bonchev–Trinajstić information content (AvgIpc) is 1.90. The van der Waals surface area contributed by atoms with Crippen molar-refractivity contribution >= 4 is 5.78 Å². The minimum absolute atomic E-state index is 0.127. The Bertz CT molecular complexity index is 130. The Labute approximate surface area is 69.5 Å². The summed E-state index contributed by atoms with van der Waals surface area (Å²) in [5, 5.41) is 0. The van der Waals surface area contributed by atoms with Gasteiger partial charge in [0.15, 0.2) is 0 Å². The maximum Gasteiger partial charge on any atom is 0.130 e. The first-order chi connectivity index (χ1) is 5.04. The van der Waals surface area contributed by atoms with E-state index in [1.165, 1.54) is 0 Å². The van der Waals surface area contributed by atoms with Crippen LogP contribution in [0.5, 0.6) is 0 Å². The maximum atomic E-state index is 10.5. The minimum atomic E-state index is 0.127. The average molecular weight is 157 g/mol. The van der Waals surface area contributed by atoms with E-state index in [2.05, 4.69) is 6.58 Å². The van der Waals surface area contributed by atoms with Gasteiger partial charge in [-0.15, -0.1) is 0 Å². The molecule has 1 unspecified atom stereocenters.